The summed E-state index contributed by atoms with van der Waals surface area (Å²) < 4.78 is 6.25. The van der Waals surface area contributed by atoms with Crippen molar-refractivity contribution < 1.29 is 19.2 Å². The number of nitrogens with zero attached hydrogens (tertiary/aromatic N) is 3. The molecule has 0 aromatic heterocycles. The molecule has 1 saturated heterocycles. The number of fused-ring (bicyclic) bond motifs is 5. The Morgan fingerprint density at radius 2 is 1.93 bits per heavy atom. The van der Waals surface area contributed by atoms with E-state index in [9.17, 15) is 19.7 Å². The van der Waals surface area contributed by atoms with Crippen molar-refractivity contribution in [2.24, 2.45) is 28.8 Å². The molecule has 1 aliphatic heterocycles. The van der Waals surface area contributed by atoms with Crippen LogP contribution >= 0.6 is 15.9 Å². The first kappa shape index (κ1) is 19.8. The molecule has 2 amide bonds. The Labute approximate surface area is 175 Å². The van der Waals surface area contributed by atoms with Gasteiger partial charge in [-0.3, -0.25) is 19.7 Å². The Kier molecular flexibility index (Phi) is 5.02. The predicted octanol–water partition coefficient (Wildman–Crippen LogP) is 3.68. The molecule has 2 aliphatic carbocycles. The van der Waals surface area contributed by atoms with Crippen molar-refractivity contribution in [2.75, 3.05) is 0 Å². The molecule has 152 valence electrons. The Balaban J connectivity index is 1.67. The third-order valence-corrected chi connectivity index (χ3v) is 6.37. The Bertz CT molecular complexity index is 930. The molecule has 29 heavy (non-hydrogen) atoms. The van der Waals surface area contributed by atoms with Gasteiger partial charge in [0.25, 0.3) is 11.8 Å². The molecular weight excluding hydrogens is 442 g/mol. The minimum Gasteiger partial charge on any atom is -0.483 e. The second kappa shape index (κ2) is 7.37. The van der Waals surface area contributed by atoms with E-state index in [2.05, 4.69) is 21.0 Å². The van der Waals surface area contributed by atoms with Crippen LogP contribution in [0.1, 0.15) is 32.3 Å². The molecule has 9 heteroatoms. The summed E-state index contributed by atoms with van der Waals surface area (Å²) in [6.45, 7) is 3.72. The van der Waals surface area contributed by atoms with Gasteiger partial charge in [-0.05, 0) is 37.7 Å². The van der Waals surface area contributed by atoms with Gasteiger partial charge in [0.15, 0.2) is 0 Å². The molecule has 0 unspecified atom stereocenters. The van der Waals surface area contributed by atoms with Gasteiger partial charge in [-0.15, -0.1) is 0 Å². The summed E-state index contributed by atoms with van der Waals surface area (Å²) in [5.41, 5.74) is 0.115. The van der Waals surface area contributed by atoms with Crippen LogP contribution in [0.4, 0.5) is 5.69 Å². The first-order valence-electron chi connectivity index (χ1n) is 9.56. The average Bonchev–Trinajstić information content (AvgIpc) is 3.36. The molecule has 4 rings (SSSR count). The Morgan fingerprint density at radius 1 is 1.31 bits per heavy atom. The zero-order valence-corrected chi connectivity index (χ0v) is 17.5. The Morgan fingerprint density at radius 3 is 2.48 bits per heavy atom. The van der Waals surface area contributed by atoms with E-state index in [4.69, 9.17) is 4.74 Å². The monoisotopic (exact) mass is 461 g/mol. The fourth-order valence-corrected chi connectivity index (χ4v) is 4.83. The second-order valence-electron chi connectivity index (χ2n) is 7.67. The first-order valence-corrected chi connectivity index (χ1v) is 10.4. The molecule has 0 spiro atoms. The lowest BCUT2D eigenvalue weighted by Gasteiger charge is -2.16. The number of nitro groups is 1. The van der Waals surface area contributed by atoms with Crippen molar-refractivity contribution in [3.8, 4) is 5.75 Å². The molecule has 0 N–H and O–H groups in total. The number of hydrogen-bond acceptors (Lipinski definition) is 6. The van der Waals surface area contributed by atoms with Crippen LogP contribution in [0.2, 0.25) is 0 Å². The van der Waals surface area contributed by atoms with E-state index < -0.39 is 4.92 Å². The molecular formula is C20H20BrN3O5. The van der Waals surface area contributed by atoms with Crippen LogP contribution in [-0.4, -0.2) is 34.1 Å². The van der Waals surface area contributed by atoms with Crippen LogP contribution in [0.3, 0.4) is 0 Å². The van der Waals surface area contributed by atoms with Crippen LogP contribution in [-0.2, 0) is 9.59 Å². The lowest BCUT2D eigenvalue weighted by molar-refractivity contribution is -0.386. The fourth-order valence-electron chi connectivity index (χ4n) is 4.36. The molecule has 2 bridgehead atoms. The number of nitro benzene ring substituents is 1. The number of halogens is 1. The zero-order valence-electron chi connectivity index (χ0n) is 15.9. The second-order valence-corrected chi connectivity index (χ2v) is 8.59. The molecule has 8 nitrogen and oxygen atoms in total. The van der Waals surface area contributed by atoms with Crippen LogP contribution in [0.15, 0.2) is 33.9 Å². The third kappa shape index (κ3) is 3.27. The quantitative estimate of drug-likeness (QED) is 0.211. The highest BCUT2D eigenvalue weighted by Crippen LogP contribution is 2.52. The van der Waals surface area contributed by atoms with Gasteiger partial charge in [-0.1, -0.05) is 35.0 Å². The van der Waals surface area contributed by atoms with Gasteiger partial charge in [0.2, 0.25) is 5.75 Å². The molecule has 1 aromatic rings. The van der Waals surface area contributed by atoms with Crippen molar-refractivity contribution in [3.63, 3.8) is 0 Å². The lowest BCUT2D eigenvalue weighted by atomic mass is 9.85. The van der Waals surface area contributed by atoms with E-state index >= 15 is 0 Å². The molecule has 5 atom stereocenters. The number of ether oxygens (including phenoxy) is 1. The third-order valence-electron chi connectivity index (χ3n) is 5.91. The number of benzene rings is 1. The lowest BCUT2D eigenvalue weighted by Crippen LogP contribution is -2.28. The number of imide groups is 1. The molecule has 0 radical (unpaired) electrons. The zero-order chi connectivity index (χ0) is 20.9. The summed E-state index contributed by atoms with van der Waals surface area (Å²) in [6, 6.07) is 2.97. The van der Waals surface area contributed by atoms with Crippen LogP contribution < -0.4 is 4.74 Å². The smallest absolute Gasteiger partial charge is 0.312 e. The minimum atomic E-state index is -0.528. The first-order chi connectivity index (χ1) is 13.8. The standard InChI is InChI=1S/C20H20BrN3O5/c1-3-10(2)29-18-13(7-14(21)8-15(18)24(27)28)9-22-23-19(25)16-11-4-5-12(6-11)17(16)20(23)26/h4-5,7-12,16-17H,3,6H2,1-2H3/t10-,11-,12-,16-,17+/m0/s1. The molecule has 2 fully saturated rings. The number of carbonyl (C=O) groups excluding carboxylic acids is 2. The van der Waals surface area contributed by atoms with E-state index in [1.54, 1.807) is 6.07 Å². The predicted molar refractivity (Wildman–Crippen MR) is 108 cm³/mol. The summed E-state index contributed by atoms with van der Waals surface area (Å²) >= 11 is 3.26. The van der Waals surface area contributed by atoms with Crippen LogP contribution in [0.25, 0.3) is 0 Å². The normalized spacial score (nSPS) is 28.4. The van der Waals surface area contributed by atoms with Gasteiger partial charge in [0, 0.05) is 16.1 Å². The minimum absolute atomic E-state index is 0.0670. The van der Waals surface area contributed by atoms with Gasteiger partial charge in [0.1, 0.15) is 0 Å². The number of rotatable bonds is 6. The molecule has 1 aromatic carbocycles. The summed E-state index contributed by atoms with van der Waals surface area (Å²) in [5.74, 6) is -1.04. The van der Waals surface area contributed by atoms with Crippen LogP contribution in [0, 0.1) is 33.8 Å². The average molecular weight is 462 g/mol. The van der Waals surface area contributed by atoms with Crippen molar-refractivity contribution >= 4 is 39.6 Å². The summed E-state index contributed by atoms with van der Waals surface area (Å²) in [4.78, 5) is 36.5. The van der Waals surface area contributed by atoms with Crippen molar-refractivity contribution in [1.29, 1.82) is 0 Å². The van der Waals surface area contributed by atoms with Gasteiger partial charge in [-0.2, -0.15) is 10.1 Å². The summed E-state index contributed by atoms with van der Waals surface area (Å²) in [6.07, 6.45) is 6.57. The summed E-state index contributed by atoms with van der Waals surface area (Å²) in [5, 5.41) is 16.6. The highest BCUT2D eigenvalue weighted by molar-refractivity contribution is 9.10. The van der Waals surface area contributed by atoms with Crippen molar-refractivity contribution in [2.45, 2.75) is 32.8 Å². The number of hydrogen-bond donors (Lipinski definition) is 0. The van der Waals surface area contributed by atoms with E-state index in [0.717, 1.165) is 11.4 Å². The largest absolute Gasteiger partial charge is 0.483 e. The maximum atomic E-state index is 12.8. The number of allylic oxidation sites excluding steroid dienone is 2. The van der Waals surface area contributed by atoms with Crippen molar-refractivity contribution in [1.82, 2.24) is 5.01 Å². The highest BCUT2D eigenvalue weighted by atomic mass is 79.9. The maximum absolute atomic E-state index is 12.8. The fraction of sp³-hybridized carbons (Fsp3) is 0.450. The van der Waals surface area contributed by atoms with Crippen LogP contribution in [0.5, 0.6) is 5.75 Å². The van der Waals surface area contributed by atoms with Gasteiger partial charge >= 0.3 is 5.69 Å². The van der Waals surface area contributed by atoms with Gasteiger partial charge < -0.3 is 4.74 Å². The summed E-state index contributed by atoms with van der Waals surface area (Å²) in [7, 11) is 0. The highest BCUT2D eigenvalue weighted by Gasteiger charge is 2.59. The van der Waals surface area contributed by atoms with E-state index in [1.807, 2.05) is 26.0 Å². The molecule has 1 heterocycles. The van der Waals surface area contributed by atoms with Gasteiger partial charge in [-0.25, -0.2) is 0 Å². The topological polar surface area (TPSA) is 102 Å². The Hall–Kier alpha value is -2.55. The number of carbonyl (C=O) groups is 2. The van der Waals surface area contributed by atoms with E-state index in [-0.39, 0.29) is 53.0 Å². The van der Waals surface area contributed by atoms with Crippen molar-refractivity contribution in [3.05, 3.63) is 44.4 Å². The molecule has 3 aliphatic rings. The number of amides is 2. The maximum Gasteiger partial charge on any atom is 0.312 e. The van der Waals surface area contributed by atoms with E-state index in [1.165, 1.54) is 12.3 Å². The SMILES string of the molecule is CC[C@H](C)Oc1c(C=NN2C(=O)[C@@H]3[C@H](C2=O)[C@H]2C=C[C@H]3C2)cc(Br)cc1[N+](=O)[O-]. The van der Waals surface area contributed by atoms with Gasteiger partial charge in [0.05, 0.1) is 29.1 Å². The van der Waals surface area contributed by atoms with E-state index in [0.29, 0.717) is 16.5 Å². The molecule has 1 saturated carbocycles. The number of hydrazone groups is 1.